The number of likely N-dealkylation sites (tertiary alicyclic amines) is 1. The number of Topliss-reactive ketones (excluding diaryl/α,β-unsaturated/α-hetero) is 1. The molecular formula is C21H22N2O3. The van der Waals surface area contributed by atoms with Gasteiger partial charge in [0.2, 0.25) is 5.91 Å². The molecule has 1 saturated heterocycles. The van der Waals surface area contributed by atoms with Gasteiger partial charge < -0.3 is 9.47 Å². The second-order valence-electron chi connectivity index (χ2n) is 7.29. The number of carbonyl (C=O) groups excluding carboxylic acids is 2. The minimum atomic E-state index is 0.00746. The molecule has 1 aromatic heterocycles. The highest BCUT2D eigenvalue weighted by molar-refractivity contribution is 5.97. The van der Waals surface area contributed by atoms with Gasteiger partial charge in [-0.1, -0.05) is 36.4 Å². The summed E-state index contributed by atoms with van der Waals surface area (Å²) in [5, 5.41) is 0. The van der Waals surface area contributed by atoms with E-state index in [0.29, 0.717) is 31.1 Å². The van der Waals surface area contributed by atoms with E-state index < -0.39 is 0 Å². The predicted molar refractivity (Wildman–Crippen MR) is 98.1 cm³/mol. The number of hydrogen-bond acceptors (Lipinski definition) is 3. The van der Waals surface area contributed by atoms with Gasteiger partial charge >= 0.3 is 0 Å². The van der Waals surface area contributed by atoms with E-state index in [0.717, 1.165) is 12.1 Å². The van der Waals surface area contributed by atoms with Crippen LogP contribution in [0.1, 0.15) is 41.2 Å². The Morgan fingerprint density at radius 2 is 1.73 bits per heavy atom. The molecule has 5 heteroatoms. The molecule has 0 radical (unpaired) electrons. The average Bonchev–Trinajstić information content (AvgIpc) is 2.67. The van der Waals surface area contributed by atoms with Crippen molar-refractivity contribution in [2.24, 2.45) is 5.92 Å². The molecule has 0 saturated carbocycles. The molecule has 2 bridgehead atoms. The molecule has 2 aliphatic heterocycles. The van der Waals surface area contributed by atoms with Gasteiger partial charge in [-0.25, -0.2) is 0 Å². The Labute approximate surface area is 152 Å². The molecule has 0 aliphatic carbocycles. The lowest BCUT2D eigenvalue weighted by Gasteiger charge is -2.42. The van der Waals surface area contributed by atoms with Crippen LogP contribution >= 0.6 is 0 Å². The fraction of sp³-hybridized carbons (Fsp3) is 0.381. The standard InChI is InChI=1S/C21H22N2O3/c24-19(16-5-2-1-3-6-16)9-10-20(25)22-12-15-11-17(14-22)18-7-4-8-21(26)23(18)13-15/h1-8,15,17H,9-14H2/t15-,17+/m1/s1. The van der Waals surface area contributed by atoms with Crippen molar-refractivity contribution in [3.05, 3.63) is 70.1 Å². The first-order chi connectivity index (χ1) is 12.6. The van der Waals surface area contributed by atoms with E-state index in [2.05, 4.69) is 0 Å². The third-order valence-electron chi connectivity index (χ3n) is 5.49. The number of pyridine rings is 1. The van der Waals surface area contributed by atoms with Gasteiger partial charge in [-0.15, -0.1) is 0 Å². The number of benzene rings is 1. The molecule has 2 atom stereocenters. The number of hydrogen-bond donors (Lipinski definition) is 0. The van der Waals surface area contributed by atoms with Gasteiger partial charge in [0.1, 0.15) is 0 Å². The summed E-state index contributed by atoms with van der Waals surface area (Å²) < 4.78 is 1.86. The quantitative estimate of drug-likeness (QED) is 0.796. The maximum Gasteiger partial charge on any atom is 0.250 e. The van der Waals surface area contributed by atoms with Crippen LogP contribution in [0.4, 0.5) is 0 Å². The zero-order valence-corrected chi connectivity index (χ0v) is 14.6. The van der Waals surface area contributed by atoms with Crippen molar-refractivity contribution in [2.75, 3.05) is 13.1 Å². The van der Waals surface area contributed by atoms with Crippen molar-refractivity contribution in [2.45, 2.75) is 31.7 Å². The molecule has 0 spiro atoms. The maximum atomic E-state index is 12.6. The topological polar surface area (TPSA) is 59.4 Å². The van der Waals surface area contributed by atoms with E-state index in [9.17, 15) is 14.4 Å². The number of nitrogens with zero attached hydrogens (tertiary/aromatic N) is 2. The first-order valence-corrected chi connectivity index (χ1v) is 9.17. The van der Waals surface area contributed by atoms with Crippen LogP contribution < -0.4 is 5.56 Å². The zero-order chi connectivity index (χ0) is 18.1. The fourth-order valence-electron chi connectivity index (χ4n) is 4.25. The lowest BCUT2D eigenvalue weighted by Crippen LogP contribution is -2.49. The Hall–Kier alpha value is -2.69. The molecular weight excluding hydrogens is 328 g/mol. The Bertz CT molecular complexity index is 888. The number of aromatic nitrogens is 1. The van der Waals surface area contributed by atoms with Gasteiger partial charge in [0.25, 0.3) is 5.56 Å². The van der Waals surface area contributed by atoms with Gasteiger partial charge in [-0.05, 0) is 18.4 Å². The smallest absolute Gasteiger partial charge is 0.250 e. The van der Waals surface area contributed by atoms with Crippen LogP contribution in [0.25, 0.3) is 0 Å². The molecule has 26 heavy (non-hydrogen) atoms. The van der Waals surface area contributed by atoms with Crippen LogP contribution in [0.15, 0.2) is 53.3 Å². The molecule has 0 N–H and O–H groups in total. The summed E-state index contributed by atoms with van der Waals surface area (Å²) in [6.07, 6.45) is 1.51. The van der Waals surface area contributed by atoms with Crippen LogP contribution in [0, 0.1) is 5.92 Å². The summed E-state index contributed by atoms with van der Waals surface area (Å²) in [7, 11) is 0. The van der Waals surface area contributed by atoms with Crippen molar-refractivity contribution in [3.63, 3.8) is 0 Å². The second-order valence-corrected chi connectivity index (χ2v) is 7.29. The van der Waals surface area contributed by atoms with Crippen molar-refractivity contribution in [1.82, 2.24) is 9.47 Å². The van der Waals surface area contributed by atoms with Crippen molar-refractivity contribution >= 4 is 11.7 Å². The fourth-order valence-corrected chi connectivity index (χ4v) is 4.25. The third kappa shape index (κ3) is 3.21. The Morgan fingerprint density at radius 3 is 2.54 bits per heavy atom. The highest BCUT2D eigenvalue weighted by Crippen LogP contribution is 2.35. The molecule has 2 aliphatic rings. The summed E-state index contributed by atoms with van der Waals surface area (Å²) in [5.41, 5.74) is 1.74. The number of fused-ring (bicyclic) bond motifs is 4. The van der Waals surface area contributed by atoms with Crippen LogP contribution in [-0.4, -0.2) is 34.2 Å². The average molecular weight is 350 g/mol. The minimum Gasteiger partial charge on any atom is -0.342 e. The van der Waals surface area contributed by atoms with Gasteiger partial charge in [0, 0.05) is 55.7 Å². The molecule has 134 valence electrons. The number of piperidine rings is 1. The molecule has 1 fully saturated rings. The summed E-state index contributed by atoms with van der Waals surface area (Å²) in [4.78, 5) is 38.8. The number of ketones is 1. The first-order valence-electron chi connectivity index (χ1n) is 9.17. The number of rotatable bonds is 4. The third-order valence-corrected chi connectivity index (χ3v) is 5.49. The van der Waals surface area contributed by atoms with Crippen LogP contribution in [0.3, 0.4) is 0 Å². The maximum absolute atomic E-state index is 12.6. The molecule has 1 amide bonds. The summed E-state index contributed by atoms with van der Waals surface area (Å²) >= 11 is 0. The van der Waals surface area contributed by atoms with Gasteiger partial charge in [-0.2, -0.15) is 0 Å². The Morgan fingerprint density at radius 1 is 0.923 bits per heavy atom. The van der Waals surface area contributed by atoms with Crippen LogP contribution in [0.2, 0.25) is 0 Å². The molecule has 3 heterocycles. The number of amides is 1. The molecule has 0 unspecified atom stereocenters. The normalized spacial score (nSPS) is 21.2. The van der Waals surface area contributed by atoms with E-state index in [-0.39, 0.29) is 36.0 Å². The monoisotopic (exact) mass is 350 g/mol. The minimum absolute atomic E-state index is 0.00746. The second kappa shape index (κ2) is 6.90. The molecule has 1 aromatic carbocycles. The highest BCUT2D eigenvalue weighted by atomic mass is 16.2. The number of carbonyl (C=O) groups is 2. The first kappa shape index (κ1) is 16.8. The van der Waals surface area contributed by atoms with Crippen molar-refractivity contribution in [1.29, 1.82) is 0 Å². The van der Waals surface area contributed by atoms with Crippen LogP contribution in [0.5, 0.6) is 0 Å². The van der Waals surface area contributed by atoms with E-state index in [1.165, 1.54) is 0 Å². The Balaban J connectivity index is 1.41. The van der Waals surface area contributed by atoms with Crippen LogP contribution in [-0.2, 0) is 11.3 Å². The van der Waals surface area contributed by atoms with Crippen molar-refractivity contribution in [3.8, 4) is 0 Å². The van der Waals surface area contributed by atoms with Gasteiger partial charge in [0.05, 0.1) is 0 Å². The van der Waals surface area contributed by atoms with E-state index in [1.807, 2.05) is 33.7 Å². The largest absolute Gasteiger partial charge is 0.342 e. The predicted octanol–water partition coefficient (Wildman–Crippen LogP) is 2.46. The SMILES string of the molecule is O=C(CCC(=O)N1C[C@H]2C[C@@H](C1)c1cccc(=O)n1C2)c1ccccc1. The highest BCUT2D eigenvalue weighted by Gasteiger charge is 2.36. The molecule has 5 nitrogen and oxygen atoms in total. The van der Waals surface area contributed by atoms with E-state index >= 15 is 0 Å². The van der Waals surface area contributed by atoms with Crippen molar-refractivity contribution < 1.29 is 9.59 Å². The lowest BCUT2D eigenvalue weighted by molar-refractivity contribution is -0.133. The lowest BCUT2D eigenvalue weighted by atomic mass is 9.83. The van der Waals surface area contributed by atoms with Gasteiger partial charge in [-0.3, -0.25) is 14.4 Å². The molecule has 4 rings (SSSR count). The summed E-state index contributed by atoms with van der Waals surface area (Å²) in [6.45, 7) is 1.99. The zero-order valence-electron chi connectivity index (χ0n) is 14.6. The van der Waals surface area contributed by atoms with E-state index in [1.54, 1.807) is 24.3 Å². The molecule has 2 aromatic rings. The summed E-state index contributed by atoms with van der Waals surface area (Å²) in [6, 6.07) is 14.5. The Kier molecular flexibility index (Phi) is 4.45. The van der Waals surface area contributed by atoms with Gasteiger partial charge in [0.15, 0.2) is 5.78 Å². The summed E-state index contributed by atoms with van der Waals surface area (Å²) in [5.74, 6) is 0.573. The van der Waals surface area contributed by atoms with E-state index in [4.69, 9.17) is 0 Å².